The SMILES string of the molecule is CC1(PC2CCCCCCC2)C=CC=CC1(C)PC1CCCCCCC1. The summed E-state index contributed by atoms with van der Waals surface area (Å²) in [6, 6.07) is 0. The Morgan fingerprint density at radius 2 is 0.846 bits per heavy atom. The second-order valence-corrected chi connectivity index (χ2v) is 13.8. The monoisotopic (exact) mass is 392 g/mol. The van der Waals surface area contributed by atoms with Gasteiger partial charge in [0.25, 0.3) is 0 Å². The minimum absolute atomic E-state index is 0.395. The molecule has 0 nitrogen and oxygen atoms in total. The number of hydrogen-bond acceptors (Lipinski definition) is 0. The van der Waals surface area contributed by atoms with Crippen LogP contribution < -0.4 is 0 Å². The van der Waals surface area contributed by atoms with Crippen molar-refractivity contribution >= 4 is 17.2 Å². The van der Waals surface area contributed by atoms with Crippen molar-refractivity contribution < 1.29 is 0 Å². The summed E-state index contributed by atoms with van der Waals surface area (Å²) in [5.74, 6) is 0. The molecule has 2 saturated carbocycles. The zero-order chi connectivity index (χ0) is 18.3. The molecule has 3 aliphatic rings. The molecule has 3 rings (SSSR count). The third-order valence-corrected chi connectivity index (χ3v) is 12.1. The number of rotatable bonds is 4. The van der Waals surface area contributed by atoms with Gasteiger partial charge in [0.2, 0.25) is 0 Å². The summed E-state index contributed by atoms with van der Waals surface area (Å²) in [6.07, 6.45) is 30.7. The van der Waals surface area contributed by atoms with Gasteiger partial charge in [0, 0.05) is 10.3 Å². The summed E-state index contributed by atoms with van der Waals surface area (Å²) >= 11 is 0. The van der Waals surface area contributed by atoms with E-state index in [2.05, 4.69) is 38.2 Å². The molecule has 0 aliphatic heterocycles. The molecular formula is C24H42P2. The Hall–Kier alpha value is 0.340. The maximum Gasteiger partial charge on any atom is 0.0158 e. The molecule has 26 heavy (non-hydrogen) atoms. The fraction of sp³-hybridized carbons (Fsp3) is 0.833. The van der Waals surface area contributed by atoms with Gasteiger partial charge in [0.1, 0.15) is 0 Å². The lowest BCUT2D eigenvalue weighted by Gasteiger charge is -2.48. The first-order valence-electron chi connectivity index (χ1n) is 11.5. The van der Waals surface area contributed by atoms with E-state index in [4.69, 9.17) is 0 Å². The van der Waals surface area contributed by atoms with Crippen molar-refractivity contribution in [1.82, 2.24) is 0 Å². The highest BCUT2D eigenvalue weighted by Crippen LogP contribution is 2.59. The molecule has 0 amide bonds. The molecule has 0 N–H and O–H groups in total. The van der Waals surface area contributed by atoms with E-state index in [-0.39, 0.29) is 0 Å². The fourth-order valence-corrected chi connectivity index (χ4v) is 9.96. The molecule has 0 radical (unpaired) electrons. The second-order valence-electron chi connectivity index (χ2n) is 9.50. The van der Waals surface area contributed by atoms with Crippen LogP contribution in [-0.4, -0.2) is 21.6 Å². The van der Waals surface area contributed by atoms with Crippen LogP contribution in [0.15, 0.2) is 24.3 Å². The van der Waals surface area contributed by atoms with Gasteiger partial charge in [-0.1, -0.05) is 102 Å². The van der Waals surface area contributed by atoms with Crippen molar-refractivity contribution in [2.24, 2.45) is 0 Å². The molecule has 4 atom stereocenters. The number of allylic oxidation sites excluding steroid dienone is 4. The minimum Gasteiger partial charge on any atom is -0.107 e. The zero-order valence-corrected chi connectivity index (χ0v) is 19.4. The fourth-order valence-electron chi connectivity index (χ4n) is 5.29. The molecule has 4 unspecified atom stereocenters. The lowest BCUT2D eigenvalue weighted by Crippen LogP contribution is -2.43. The van der Waals surface area contributed by atoms with E-state index in [9.17, 15) is 0 Å². The molecule has 2 fully saturated rings. The van der Waals surface area contributed by atoms with Gasteiger partial charge in [0.15, 0.2) is 0 Å². The van der Waals surface area contributed by atoms with E-state index in [0.29, 0.717) is 10.3 Å². The van der Waals surface area contributed by atoms with Gasteiger partial charge >= 0.3 is 0 Å². The maximum atomic E-state index is 2.61. The van der Waals surface area contributed by atoms with Crippen LogP contribution in [-0.2, 0) is 0 Å². The summed E-state index contributed by atoms with van der Waals surface area (Å²) in [5, 5.41) is 0.791. The first-order valence-corrected chi connectivity index (χ1v) is 13.7. The molecule has 2 heteroatoms. The highest BCUT2D eigenvalue weighted by molar-refractivity contribution is 7.46. The molecule has 0 heterocycles. The van der Waals surface area contributed by atoms with Crippen LogP contribution in [0, 0.1) is 0 Å². The lowest BCUT2D eigenvalue weighted by atomic mass is 9.89. The predicted molar refractivity (Wildman–Crippen MR) is 124 cm³/mol. The van der Waals surface area contributed by atoms with Crippen LogP contribution in [0.3, 0.4) is 0 Å². The van der Waals surface area contributed by atoms with Crippen LogP contribution >= 0.6 is 17.2 Å². The van der Waals surface area contributed by atoms with E-state index >= 15 is 0 Å². The standard InChI is InChI=1S/C24H42P2/c1-23(25-21-15-9-5-3-6-10-16-21)19-13-14-20-24(23,2)26-22-17-11-7-4-8-12-18-22/h13-14,19-22,25-26H,3-12,15-18H2,1-2H3. The van der Waals surface area contributed by atoms with Crippen molar-refractivity contribution in [2.75, 3.05) is 0 Å². The first kappa shape index (κ1) is 21.1. The van der Waals surface area contributed by atoms with Crippen molar-refractivity contribution in [2.45, 2.75) is 125 Å². The van der Waals surface area contributed by atoms with E-state index < -0.39 is 0 Å². The Kier molecular flexibility index (Phi) is 8.27. The largest absolute Gasteiger partial charge is 0.107 e. The topological polar surface area (TPSA) is 0 Å². The highest BCUT2D eigenvalue weighted by Gasteiger charge is 2.44. The van der Waals surface area contributed by atoms with Gasteiger partial charge in [-0.05, 0) is 37.0 Å². The number of hydrogen-bond donors (Lipinski definition) is 0. The van der Waals surface area contributed by atoms with Gasteiger partial charge < -0.3 is 0 Å². The van der Waals surface area contributed by atoms with Gasteiger partial charge in [0.05, 0.1) is 0 Å². The second kappa shape index (κ2) is 10.2. The van der Waals surface area contributed by atoms with Gasteiger partial charge in [-0.3, -0.25) is 0 Å². The summed E-state index contributed by atoms with van der Waals surface area (Å²) < 4.78 is 0. The normalized spacial score (nSPS) is 36.4. The van der Waals surface area contributed by atoms with E-state index in [0.717, 1.165) is 28.5 Å². The Labute approximate surface area is 167 Å². The summed E-state index contributed by atoms with van der Waals surface area (Å²) in [7, 11) is 2.23. The first-order chi connectivity index (χ1) is 12.6. The van der Waals surface area contributed by atoms with E-state index in [1.165, 1.54) is 89.9 Å². The quantitative estimate of drug-likeness (QED) is 0.423. The Balaban J connectivity index is 1.68. The average Bonchev–Trinajstić information content (AvgIpc) is 2.56. The average molecular weight is 393 g/mol. The Bertz CT molecular complexity index is 423. The zero-order valence-electron chi connectivity index (χ0n) is 17.4. The van der Waals surface area contributed by atoms with Crippen molar-refractivity contribution in [3.05, 3.63) is 24.3 Å². The maximum absolute atomic E-state index is 2.61. The van der Waals surface area contributed by atoms with Crippen LogP contribution in [0.1, 0.15) is 104 Å². The molecule has 0 spiro atoms. The van der Waals surface area contributed by atoms with E-state index in [1.54, 1.807) is 0 Å². The van der Waals surface area contributed by atoms with Crippen LogP contribution in [0.2, 0.25) is 0 Å². The molecular weight excluding hydrogens is 350 g/mol. The van der Waals surface area contributed by atoms with Crippen molar-refractivity contribution in [3.8, 4) is 0 Å². The van der Waals surface area contributed by atoms with E-state index in [1.807, 2.05) is 0 Å². The molecule has 0 saturated heterocycles. The molecule has 0 aromatic carbocycles. The molecule has 3 aliphatic carbocycles. The van der Waals surface area contributed by atoms with Crippen LogP contribution in [0.25, 0.3) is 0 Å². The van der Waals surface area contributed by atoms with Gasteiger partial charge in [-0.25, -0.2) is 0 Å². The van der Waals surface area contributed by atoms with Crippen LogP contribution in [0.4, 0.5) is 0 Å². The van der Waals surface area contributed by atoms with Crippen molar-refractivity contribution in [1.29, 1.82) is 0 Å². The summed E-state index contributed by atoms with van der Waals surface area (Å²) in [6.45, 7) is 5.22. The predicted octanol–water partition coefficient (Wildman–Crippen LogP) is 8.21. The molecule has 0 aromatic heterocycles. The molecule has 0 aromatic rings. The third kappa shape index (κ3) is 5.67. The van der Waals surface area contributed by atoms with Gasteiger partial charge in [-0.2, -0.15) is 0 Å². The smallest absolute Gasteiger partial charge is 0.0158 e. The minimum atomic E-state index is 0.395. The van der Waals surface area contributed by atoms with Gasteiger partial charge in [-0.15, -0.1) is 17.2 Å². The van der Waals surface area contributed by atoms with Crippen molar-refractivity contribution in [3.63, 3.8) is 0 Å². The Morgan fingerprint density at radius 3 is 1.19 bits per heavy atom. The summed E-state index contributed by atoms with van der Waals surface area (Å²) in [5.41, 5.74) is 1.97. The third-order valence-electron chi connectivity index (χ3n) is 7.27. The van der Waals surface area contributed by atoms with Crippen LogP contribution in [0.5, 0.6) is 0 Å². The molecule has 148 valence electrons. The summed E-state index contributed by atoms with van der Waals surface area (Å²) in [4.78, 5) is 0. The molecule has 0 bridgehead atoms. The highest BCUT2D eigenvalue weighted by atomic mass is 31.1. The lowest BCUT2D eigenvalue weighted by molar-refractivity contribution is 0.499. The Morgan fingerprint density at radius 1 is 0.538 bits per heavy atom.